The third kappa shape index (κ3) is 2.81. The number of benzene rings is 1. The lowest BCUT2D eigenvalue weighted by molar-refractivity contribution is -0.128. The van der Waals surface area contributed by atoms with E-state index in [1.165, 1.54) is 18.2 Å². The predicted molar refractivity (Wildman–Crippen MR) is 71.6 cm³/mol. The molecule has 1 unspecified atom stereocenters. The number of nitrogens with zero attached hydrogens (tertiary/aromatic N) is 1. The maximum absolute atomic E-state index is 13.0. The third-order valence-corrected chi connectivity index (χ3v) is 3.86. The molecule has 1 heterocycles. The van der Waals surface area contributed by atoms with E-state index in [2.05, 4.69) is 5.32 Å². The van der Waals surface area contributed by atoms with E-state index < -0.39 is 5.82 Å². The Kier molecular flexibility index (Phi) is 3.42. The van der Waals surface area contributed by atoms with Gasteiger partial charge in [-0.3, -0.25) is 9.59 Å². The van der Waals surface area contributed by atoms with Gasteiger partial charge in [0, 0.05) is 37.0 Å². The van der Waals surface area contributed by atoms with E-state index in [1.54, 1.807) is 6.07 Å². The van der Waals surface area contributed by atoms with Crippen LogP contribution in [0.2, 0.25) is 0 Å². The first kappa shape index (κ1) is 13.1. The lowest BCUT2D eigenvalue weighted by Gasteiger charge is -2.15. The Balaban J connectivity index is 1.52. The quantitative estimate of drug-likeness (QED) is 0.907. The van der Waals surface area contributed by atoms with Crippen LogP contribution in [0.15, 0.2) is 24.3 Å². The zero-order valence-corrected chi connectivity index (χ0v) is 11.1. The Morgan fingerprint density at radius 2 is 2.20 bits per heavy atom. The van der Waals surface area contributed by atoms with Crippen LogP contribution in [0.25, 0.3) is 0 Å². The largest absolute Gasteiger partial charge is 0.352 e. The van der Waals surface area contributed by atoms with Crippen LogP contribution in [0.4, 0.5) is 4.39 Å². The van der Waals surface area contributed by atoms with Gasteiger partial charge in [-0.05, 0) is 31.0 Å². The highest BCUT2D eigenvalue weighted by Crippen LogP contribution is 2.32. The molecule has 20 heavy (non-hydrogen) atoms. The SMILES string of the molecule is O=C(NCC1CC(=O)N(C2CC2)C1)c1cccc(F)c1. The molecular weight excluding hydrogens is 259 g/mol. The summed E-state index contributed by atoms with van der Waals surface area (Å²) < 4.78 is 13.0. The zero-order chi connectivity index (χ0) is 14.1. The minimum absolute atomic E-state index is 0.167. The number of likely N-dealkylation sites (tertiary alicyclic amines) is 1. The summed E-state index contributed by atoms with van der Waals surface area (Å²) in [7, 11) is 0. The first-order chi connectivity index (χ1) is 9.63. The Morgan fingerprint density at radius 1 is 1.40 bits per heavy atom. The second-order valence-electron chi connectivity index (χ2n) is 5.57. The summed E-state index contributed by atoms with van der Waals surface area (Å²) in [4.78, 5) is 25.6. The molecular formula is C15H17FN2O2. The van der Waals surface area contributed by atoms with E-state index >= 15 is 0 Å². The Hall–Kier alpha value is -1.91. The number of rotatable bonds is 4. The van der Waals surface area contributed by atoms with Gasteiger partial charge in [-0.2, -0.15) is 0 Å². The van der Waals surface area contributed by atoms with Gasteiger partial charge in [-0.1, -0.05) is 6.07 Å². The first-order valence-electron chi connectivity index (χ1n) is 6.96. The van der Waals surface area contributed by atoms with Crippen LogP contribution in [-0.2, 0) is 4.79 Å². The van der Waals surface area contributed by atoms with Crippen LogP contribution in [-0.4, -0.2) is 35.8 Å². The molecule has 1 aliphatic carbocycles. The third-order valence-electron chi connectivity index (χ3n) is 3.86. The number of hydrogen-bond donors (Lipinski definition) is 1. The van der Waals surface area contributed by atoms with Gasteiger partial charge in [-0.25, -0.2) is 4.39 Å². The fourth-order valence-electron chi connectivity index (χ4n) is 2.65. The zero-order valence-electron chi connectivity index (χ0n) is 11.1. The van der Waals surface area contributed by atoms with Gasteiger partial charge < -0.3 is 10.2 Å². The highest BCUT2D eigenvalue weighted by molar-refractivity contribution is 5.94. The van der Waals surface area contributed by atoms with Crippen LogP contribution in [0.1, 0.15) is 29.6 Å². The van der Waals surface area contributed by atoms with Crippen LogP contribution < -0.4 is 5.32 Å². The van der Waals surface area contributed by atoms with E-state index in [0.29, 0.717) is 24.6 Å². The monoisotopic (exact) mass is 276 g/mol. The van der Waals surface area contributed by atoms with Crippen molar-refractivity contribution >= 4 is 11.8 Å². The Morgan fingerprint density at radius 3 is 2.90 bits per heavy atom. The van der Waals surface area contributed by atoms with Crippen molar-refractivity contribution < 1.29 is 14.0 Å². The molecule has 1 atom stereocenters. The van der Waals surface area contributed by atoms with Crippen molar-refractivity contribution in [2.24, 2.45) is 5.92 Å². The van der Waals surface area contributed by atoms with E-state index in [9.17, 15) is 14.0 Å². The molecule has 0 aromatic heterocycles. The maximum atomic E-state index is 13.0. The summed E-state index contributed by atoms with van der Waals surface area (Å²) in [5, 5.41) is 2.78. The van der Waals surface area contributed by atoms with Gasteiger partial charge in [0.05, 0.1) is 0 Å². The van der Waals surface area contributed by atoms with Gasteiger partial charge in [-0.15, -0.1) is 0 Å². The van der Waals surface area contributed by atoms with Crippen molar-refractivity contribution in [3.8, 4) is 0 Å². The second kappa shape index (κ2) is 5.23. The van der Waals surface area contributed by atoms with Crippen molar-refractivity contribution in [1.29, 1.82) is 0 Å². The van der Waals surface area contributed by atoms with E-state index in [1.807, 2.05) is 4.90 Å². The van der Waals surface area contributed by atoms with Crippen molar-refractivity contribution in [3.05, 3.63) is 35.6 Å². The Bertz CT molecular complexity index is 542. The minimum Gasteiger partial charge on any atom is -0.352 e. The number of hydrogen-bond acceptors (Lipinski definition) is 2. The summed E-state index contributed by atoms with van der Waals surface area (Å²) in [6, 6.07) is 6.05. The summed E-state index contributed by atoms with van der Waals surface area (Å²) >= 11 is 0. The highest BCUT2D eigenvalue weighted by atomic mass is 19.1. The van der Waals surface area contributed by atoms with Gasteiger partial charge in [0.25, 0.3) is 5.91 Å². The van der Waals surface area contributed by atoms with Crippen molar-refractivity contribution in [2.45, 2.75) is 25.3 Å². The second-order valence-corrected chi connectivity index (χ2v) is 5.57. The first-order valence-corrected chi connectivity index (χ1v) is 6.96. The smallest absolute Gasteiger partial charge is 0.251 e. The van der Waals surface area contributed by atoms with Crippen LogP contribution in [0.3, 0.4) is 0 Å². The summed E-state index contributed by atoms with van der Waals surface area (Å²) in [6.45, 7) is 1.19. The average molecular weight is 276 g/mol. The fourth-order valence-corrected chi connectivity index (χ4v) is 2.65. The number of halogens is 1. The molecule has 0 radical (unpaired) electrons. The van der Waals surface area contributed by atoms with Gasteiger partial charge in [0.15, 0.2) is 0 Å². The molecule has 2 amide bonds. The molecule has 1 aromatic carbocycles. The molecule has 1 aromatic rings. The standard InChI is InChI=1S/C15H17FN2O2/c16-12-3-1-2-11(7-12)15(20)17-8-10-6-14(19)18(9-10)13-4-5-13/h1-3,7,10,13H,4-6,8-9H2,(H,17,20). The van der Waals surface area contributed by atoms with Crippen LogP contribution in [0.5, 0.6) is 0 Å². The van der Waals surface area contributed by atoms with Gasteiger partial charge >= 0.3 is 0 Å². The van der Waals surface area contributed by atoms with Crippen molar-refractivity contribution in [3.63, 3.8) is 0 Å². The van der Waals surface area contributed by atoms with Gasteiger partial charge in [0.2, 0.25) is 5.91 Å². The number of carbonyl (C=O) groups excluding carboxylic acids is 2. The Labute approximate surface area is 117 Å². The average Bonchev–Trinajstić information content (AvgIpc) is 3.20. The molecule has 2 aliphatic rings. The predicted octanol–water partition coefficient (Wildman–Crippen LogP) is 1.57. The molecule has 4 nitrogen and oxygen atoms in total. The molecule has 106 valence electrons. The molecule has 3 rings (SSSR count). The molecule has 0 spiro atoms. The summed E-state index contributed by atoms with van der Waals surface area (Å²) in [6.07, 6.45) is 2.71. The summed E-state index contributed by atoms with van der Waals surface area (Å²) in [5.41, 5.74) is 0.313. The van der Waals surface area contributed by atoms with Crippen molar-refractivity contribution in [1.82, 2.24) is 10.2 Å². The molecule has 1 saturated heterocycles. The lowest BCUT2D eigenvalue weighted by Crippen LogP contribution is -2.32. The van der Waals surface area contributed by atoms with Crippen molar-refractivity contribution in [2.75, 3.05) is 13.1 Å². The van der Waals surface area contributed by atoms with E-state index in [-0.39, 0.29) is 17.7 Å². The molecule has 0 bridgehead atoms. The molecule has 5 heteroatoms. The van der Waals surface area contributed by atoms with Crippen LogP contribution >= 0.6 is 0 Å². The molecule has 1 aliphatic heterocycles. The molecule has 2 fully saturated rings. The maximum Gasteiger partial charge on any atom is 0.251 e. The van der Waals surface area contributed by atoms with E-state index in [4.69, 9.17) is 0 Å². The minimum atomic E-state index is -0.423. The number of nitrogens with one attached hydrogen (secondary N) is 1. The molecule has 1 N–H and O–H groups in total. The lowest BCUT2D eigenvalue weighted by atomic mass is 10.1. The van der Waals surface area contributed by atoms with Gasteiger partial charge in [0.1, 0.15) is 5.82 Å². The van der Waals surface area contributed by atoms with Crippen LogP contribution in [0, 0.1) is 11.7 Å². The summed E-state index contributed by atoms with van der Waals surface area (Å²) in [5.74, 6) is -0.353. The number of amides is 2. The highest BCUT2D eigenvalue weighted by Gasteiger charge is 2.39. The normalized spacial score (nSPS) is 22.1. The topological polar surface area (TPSA) is 49.4 Å². The fraction of sp³-hybridized carbons (Fsp3) is 0.467. The number of carbonyl (C=O) groups is 2. The van der Waals surface area contributed by atoms with E-state index in [0.717, 1.165) is 19.4 Å². The molecule has 1 saturated carbocycles.